The standard InChI is InChI=1S/C86H163NO5/c1-3-5-7-9-11-13-15-17-19-21-22-40-43-47-50-54-58-62-66-70-74-78-84(89)83(82-88)87-85(90)79-75-71-67-63-59-55-51-48-44-41-38-36-34-32-30-28-26-24-23-25-27-29-31-33-35-37-39-42-45-49-53-57-61-65-69-73-77-81-92-86(91)80-76-72-68-64-60-56-52-46-20-18-16-14-12-10-8-6-4-2/h12,14,18,20,23,25,29,31,83-84,88-89H,3-11,13,15-17,19,21-22,24,26-28,30,32-82H2,1-2H3,(H,87,90)/b14-12-,20-18-,25-23-,31-29-. The van der Waals surface area contributed by atoms with Gasteiger partial charge in [-0.25, -0.2) is 0 Å². The number of hydrogen-bond donors (Lipinski definition) is 3. The first-order valence-corrected chi connectivity index (χ1v) is 41.9. The number of ether oxygens (including phenoxy) is 1. The van der Waals surface area contributed by atoms with Gasteiger partial charge in [-0.15, -0.1) is 0 Å². The maximum atomic E-state index is 12.6. The number of carbonyl (C=O) groups excluding carboxylic acids is 2. The lowest BCUT2D eigenvalue weighted by Gasteiger charge is -2.22. The molecule has 0 spiro atoms. The number of carbonyl (C=O) groups is 2. The van der Waals surface area contributed by atoms with Gasteiger partial charge in [-0.2, -0.15) is 0 Å². The average molecular weight is 1290 g/mol. The summed E-state index contributed by atoms with van der Waals surface area (Å²) in [6, 6.07) is -0.541. The second-order valence-electron chi connectivity index (χ2n) is 28.8. The van der Waals surface area contributed by atoms with Crippen molar-refractivity contribution in [3.63, 3.8) is 0 Å². The van der Waals surface area contributed by atoms with Crippen LogP contribution in [-0.4, -0.2) is 47.4 Å². The molecule has 6 heteroatoms. The van der Waals surface area contributed by atoms with E-state index in [1.807, 2.05) is 0 Å². The molecule has 0 heterocycles. The quantitative estimate of drug-likeness (QED) is 0.0320. The first-order valence-electron chi connectivity index (χ1n) is 41.9. The molecule has 0 aromatic heterocycles. The van der Waals surface area contributed by atoms with Crippen LogP contribution in [0.25, 0.3) is 0 Å². The minimum absolute atomic E-state index is 0.0116. The molecule has 2 atom stereocenters. The molecule has 0 aliphatic heterocycles. The van der Waals surface area contributed by atoms with E-state index < -0.39 is 12.1 Å². The van der Waals surface area contributed by atoms with Crippen molar-refractivity contribution in [2.45, 2.75) is 475 Å². The Labute approximate surface area is 576 Å². The highest BCUT2D eigenvalue weighted by atomic mass is 16.5. The Balaban J connectivity index is 3.36. The van der Waals surface area contributed by atoms with E-state index in [1.165, 1.54) is 372 Å². The highest BCUT2D eigenvalue weighted by Crippen LogP contribution is 2.20. The molecule has 6 nitrogen and oxygen atoms in total. The molecule has 0 saturated carbocycles. The van der Waals surface area contributed by atoms with Crippen LogP contribution in [0.5, 0.6) is 0 Å². The van der Waals surface area contributed by atoms with Crippen molar-refractivity contribution in [1.29, 1.82) is 0 Å². The van der Waals surface area contributed by atoms with Gasteiger partial charge < -0.3 is 20.3 Å². The molecule has 0 bridgehead atoms. The Kier molecular flexibility index (Phi) is 79.3. The SMILES string of the molecule is CCCCC/C=C\C/C=C\CCCCCCCCCC(=O)OCCCCCCCCCCCCCCC/C=C\C/C=C\CCCCCCCCCCCCCCCCCCCC(=O)NC(CO)C(O)CCCCCCCCCCCCCCCCCCCCCCC. The molecule has 0 radical (unpaired) electrons. The number of esters is 1. The number of amides is 1. The number of aliphatic hydroxyl groups is 2. The predicted octanol–water partition coefficient (Wildman–Crippen LogP) is 27.9. The van der Waals surface area contributed by atoms with E-state index in [2.05, 4.69) is 67.8 Å². The van der Waals surface area contributed by atoms with Crippen molar-refractivity contribution < 1.29 is 24.5 Å². The maximum Gasteiger partial charge on any atom is 0.305 e. The Morgan fingerprint density at radius 2 is 0.543 bits per heavy atom. The second-order valence-corrected chi connectivity index (χ2v) is 28.8. The van der Waals surface area contributed by atoms with Gasteiger partial charge in [0, 0.05) is 12.8 Å². The number of unbranched alkanes of at least 4 members (excludes halogenated alkanes) is 60. The van der Waals surface area contributed by atoms with Gasteiger partial charge in [-0.1, -0.05) is 409 Å². The fourth-order valence-electron chi connectivity index (χ4n) is 13.2. The molecule has 0 fully saturated rings. The first-order chi connectivity index (χ1) is 45.5. The van der Waals surface area contributed by atoms with Crippen molar-refractivity contribution in [2.75, 3.05) is 13.2 Å². The van der Waals surface area contributed by atoms with Gasteiger partial charge in [0.1, 0.15) is 0 Å². The maximum absolute atomic E-state index is 12.6. The summed E-state index contributed by atoms with van der Waals surface area (Å²) in [5.41, 5.74) is 0. The molecule has 0 saturated heterocycles. The van der Waals surface area contributed by atoms with Crippen LogP contribution in [0.4, 0.5) is 0 Å². The van der Waals surface area contributed by atoms with Crippen LogP contribution in [0.1, 0.15) is 463 Å². The summed E-state index contributed by atoms with van der Waals surface area (Å²) in [4.78, 5) is 24.7. The van der Waals surface area contributed by atoms with Crippen LogP contribution < -0.4 is 5.32 Å². The summed E-state index contributed by atoms with van der Waals surface area (Å²) in [6.07, 6.45) is 108. The summed E-state index contributed by atoms with van der Waals surface area (Å²) in [7, 11) is 0. The fourth-order valence-corrected chi connectivity index (χ4v) is 13.2. The molecular weight excluding hydrogens is 1130 g/mol. The topological polar surface area (TPSA) is 95.9 Å². The number of hydrogen-bond acceptors (Lipinski definition) is 5. The third-order valence-corrected chi connectivity index (χ3v) is 19.6. The van der Waals surface area contributed by atoms with Crippen LogP contribution in [0.3, 0.4) is 0 Å². The summed E-state index contributed by atoms with van der Waals surface area (Å²) < 4.78 is 5.51. The molecule has 0 aliphatic carbocycles. The van der Waals surface area contributed by atoms with E-state index in [-0.39, 0.29) is 18.5 Å². The minimum atomic E-state index is -0.664. The molecule has 0 aromatic carbocycles. The first kappa shape index (κ1) is 89.8. The third kappa shape index (κ3) is 76.8. The van der Waals surface area contributed by atoms with Gasteiger partial charge in [0.05, 0.1) is 25.4 Å². The Morgan fingerprint density at radius 3 is 0.848 bits per heavy atom. The second kappa shape index (κ2) is 81.2. The summed E-state index contributed by atoms with van der Waals surface area (Å²) in [5, 5.41) is 23.5. The van der Waals surface area contributed by atoms with Gasteiger partial charge in [-0.3, -0.25) is 9.59 Å². The number of rotatable bonds is 79. The van der Waals surface area contributed by atoms with E-state index in [4.69, 9.17) is 4.74 Å². The smallest absolute Gasteiger partial charge is 0.305 e. The van der Waals surface area contributed by atoms with Gasteiger partial charge in [0.15, 0.2) is 0 Å². The van der Waals surface area contributed by atoms with Gasteiger partial charge in [-0.05, 0) is 89.9 Å². The molecule has 0 aliphatic rings. The summed E-state index contributed by atoms with van der Waals surface area (Å²) in [5.74, 6) is -0.0157. The zero-order chi connectivity index (χ0) is 66.3. The molecule has 1 amide bonds. The van der Waals surface area contributed by atoms with Crippen LogP contribution >= 0.6 is 0 Å². The van der Waals surface area contributed by atoms with Crippen molar-refractivity contribution in [1.82, 2.24) is 5.32 Å². The third-order valence-electron chi connectivity index (χ3n) is 19.6. The van der Waals surface area contributed by atoms with Gasteiger partial charge in [0.25, 0.3) is 0 Å². The lowest BCUT2D eigenvalue weighted by atomic mass is 10.0. The van der Waals surface area contributed by atoms with E-state index in [9.17, 15) is 19.8 Å². The average Bonchev–Trinajstić information content (AvgIpc) is 3.62. The largest absolute Gasteiger partial charge is 0.466 e. The molecular formula is C86H163NO5. The van der Waals surface area contributed by atoms with Crippen molar-refractivity contribution in [3.05, 3.63) is 48.6 Å². The van der Waals surface area contributed by atoms with Crippen molar-refractivity contribution in [2.24, 2.45) is 0 Å². The van der Waals surface area contributed by atoms with E-state index >= 15 is 0 Å². The fraction of sp³-hybridized carbons (Fsp3) is 0.884. The van der Waals surface area contributed by atoms with Crippen LogP contribution in [0, 0.1) is 0 Å². The Bertz CT molecular complexity index is 1540. The highest BCUT2D eigenvalue weighted by Gasteiger charge is 2.20. The lowest BCUT2D eigenvalue weighted by Crippen LogP contribution is -2.45. The molecule has 542 valence electrons. The van der Waals surface area contributed by atoms with Crippen molar-refractivity contribution in [3.8, 4) is 0 Å². The van der Waals surface area contributed by atoms with Gasteiger partial charge >= 0.3 is 5.97 Å². The van der Waals surface area contributed by atoms with Crippen molar-refractivity contribution >= 4 is 11.9 Å². The van der Waals surface area contributed by atoms with E-state index in [0.717, 1.165) is 57.8 Å². The summed E-state index contributed by atoms with van der Waals surface area (Å²) >= 11 is 0. The number of aliphatic hydroxyl groups excluding tert-OH is 2. The normalized spacial score (nSPS) is 12.7. The number of nitrogens with one attached hydrogen (secondary N) is 1. The van der Waals surface area contributed by atoms with Crippen LogP contribution in [0.2, 0.25) is 0 Å². The minimum Gasteiger partial charge on any atom is -0.466 e. The van der Waals surface area contributed by atoms with Gasteiger partial charge in [0.2, 0.25) is 5.91 Å². The predicted molar refractivity (Wildman–Crippen MR) is 407 cm³/mol. The lowest BCUT2D eigenvalue weighted by molar-refractivity contribution is -0.143. The summed E-state index contributed by atoms with van der Waals surface area (Å²) in [6.45, 7) is 4.97. The van der Waals surface area contributed by atoms with E-state index in [1.54, 1.807) is 0 Å². The monoisotopic (exact) mass is 1290 g/mol. The molecule has 0 rings (SSSR count). The zero-order valence-electron chi connectivity index (χ0n) is 62.3. The zero-order valence-corrected chi connectivity index (χ0v) is 62.3. The Hall–Kier alpha value is -2.18. The van der Waals surface area contributed by atoms with E-state index in [0.29, 0.717) is 25.9 Å². The molecule has 2 unspecified atom stereocenters. The van der Waals surface area contributed by atoms with Crippen LogP contribution in [-0.2, 0) is 14.3 Å². The van der Waals surface area contributed by atoms with Crippen LogP contribution in [0.15, 0.2) is 48.6 Å². The highest BCUT2D eigenvalue weighted by molar-refractivity contribution is 5.76. The molecule has 3 N–H and O–H groups in total. The Morgan fingerprint density at radius 1 is 0.304 bits per heavy atom. The molecule has 0 aromatic rings. The molecule has 92 heavy (non-hydrogen) atoms. The number of allylic oxidation sites excluding steroid dienone is 8.